The van der Waals surface area contributed by atoms with E-state index in [9.17, 15) is 19.8 Å². The molecule has 0 radical (unpaired) electrons. The Labute approximate surface area is 227 Å². The standard InChI is InChI=1S/C30H33ClN2O5/c31-25-19-24(10-11-26(25)38-20-21-8-9-22-6-2-3-7-23(22)18-21)27(30(37)12-4-1-5-13-30)28(34)33(29(35)36)16-14-32-15-17-33/h2-3,6-11,18-19,27,32,37H,1,4-5,12-17,20H2/p+1. The number of carboxylic acid groups (broad SMARTS) is 1. The number of benzene rings is 3. The zero-order valence-corrected chi connectivity index (χ0v) is 22.1. The Morgan fingerprint density at radius 1 is 0.974 bits per heavy atom. The summed E-state index contributed by atoms with van der Waals surface area (Å²) in [6.45, 7) is 1.45. The molecule has 1 atom stereocenters. The van der Waals surface area contributed by atoms with Gasteiger partial charge in [0.05, 0.1) is 10.6 Å². The maximum Gasteiger partial charge on any atom is 0.521 e. The summed E-state index contributed by atoms with van der Waals surface area (Å²) in [5.74, 6) is -1.01. The molecule has 5 rings (SSSR count). The van der Waals surface area contributed by atoms with Crippen LogP contribution >= 0.6 is 11.6 Å². The summed E-state index contributed by atoms with van der Waals surface area (Å²) in [5.41, 5.74) is 0.206. The molecule has 38 heavy (non-hydrogen) atoms. The van der Waals surface area contributed by atoms with Crippen LogP contribution in [0, 0.1) is 0 Å². The van der Waals surface area contributed by atoms with Crippen LogP contribution < -0.4 is 10.1 Å². The van der Waals surface area contributed by atoms with E-state index in [2.05, 4.69) is 29.6 Å². The monoisotopic (exact) mass is 537 g/mol. The predicted octanol–water partition coefficient (Wildman–Crippen LogP) is 5.48. The molecule has 7 nitrogen and oxygen atoms in total. The Balaban J connectivity index is 1.43. The lowest BCUT2D eigenvalue weighted by atomic mass is 9.71. The topological polar surface area (TPSA) is 95.9 Å². The number of carbonyl (C=O) groups is 2. The lowest BCUT2D eigenvalue weighted by Gasteiger charge is -2.42. The van der Waals surface area contributed by atoms with Gasteiger partial charge in [0.25, 0.3) is 0 Å². The quantitative estimate of drug-likeness (QED) is 0.361. The number of nitrogens with one attached hydrogen (secondary N) is 1. The first-order valence-corrected chi connectivity index (χ1v) is 13.7. The van der Waals surface area contributed by atoms with Gasteiger partial charge in [0, 0.05) is 13.1 Å². The number of amides is 2. The van der Waals surface area contributed by atoms with Crippen molar-refractivity contribution >= 4 is 34.4 Å². The number of quaternary nitrogens is 1. The average Bonchev–Trinajstić information content (AvgIpc) is 2.93. The molecule has 2 aliphatic rings. The average molecular weight is 538 g/mol. The number of imide groups is 1. The summed E-state index contributed by atoms with van der Waals surface area (Å²) in [5, 5.41) is 27.7. The smallest absolute Gasteiger partial charge is 0.487 e. The van der Waals surface area contributed by atoms with E-state index < -0.39 is 28.0 Å². The summed E-state index contributed by atoms with van der Waals surface area (Å²) in [4.78, 5) is 26.6. The van der Waals surface area contributed by atoms with E-state index in [0.717, 1.165) is 35.6 Å². The van der Waals surface area contributed by atoms with E-state index in [-0.39, 0.29) is 13.1 Å². The molecule has 200 valence electrons. The molecule has 1 saturated heterocycles. The Bertz CT molecular complexity index is 1330. The van der Waals surface area contributed by atoms with Crippen LogP contribution in [-0.2, 0) is 11.4 Å². The van der Waals surface area contributed by atoms with Crippen molar-refractivity contribution in [3.63, 3.8) is 0 Å². The minimum absolute atomic E-state index is 0.140. The van der Waals surface area contributed by atoms with Crippen molar-refractivity contribution < 1.29 is 29.0 Å². The first-order chi connectivity index (χ1) is 18.3. The third-order valence-corrected chi connectivity index (χ3v) is 8.43. The van der Waals surface area contributed by atoms with Gasteiger partial charge in [-0.15, -0.1) is 0 Å². The number of carbonyl (C=O) groups excluding carboxylic acids is 1. The summed E-state index contributed by atoms with van der Waals surface area (Å²) in [7, 11) is 0. The van der Waals surface area contributed by atoms with Crippen molar-refractivity contribution in [1.82, 2.24) is 5.32 Å². The van der Waals surface area contributed by atoms with Gasteiger partial charge in [0.15, 0.2) is 0 Å². The van der Waals surface area contributed by atoms with Crippen molar-refractivity contribution in [3.05, 3.63) is 76.8 Å². The van der Waals surface area contributed by atoms with Crippen LogP contribution in [0.2, 0.25) is 5.02 Å². The van der Waals surface area contributed by atoms with Crippen molar-refractivity contribution in [1.29, 1.82) is 0 Å². The zero-order valence-electron chi connectivity index (χ0n) is 21.4. The van der Waals surface area contributed by atoms with E-state index in [4.69, 9.17) is 16.3 Å². The van der Waals surface area contributed by atoms with E-state index in [1.807, 2.05) is 18.2 Å². The fraction of sp³-hybridized carbons (Fsp3) is 0.400. The van der Waals surface area contributed by atoms with Gasteiger partial charge in [0.1, 0.15) is 31.4 Å². The van der Waals surface area contributed by atoms with Gasteiger partial charge in [-0.3, -0.25) is 0 Å². The third kappa shape index (κ3) is 5.16. The molecule has 0 aromatic heterocycles. The maximum atomic E-state index is 14.1. The number of hydrogen-bond acceptors (Lipinski definition) is 5. The number of nitrogens with zero attached hydrogens (tertiary/aromatic N) is 1. The molecule has 0 spiro atoms. The van der Waals surface area contributed by atoms with Gasteiger partial charge >= 0.3 is 12.0 Å². The van der Waals surface area contributed by atoms with Crippen LogP contribution in [0.5, 0.6) is 5.75 Å². The molecule has 0 bridgehead atoms. The predicted molar refractivity (Wildman–Crippen MR) is 146 cm³/mol. The third-order valence-electron chi connectivity index (χ3n) is 8.13. The molecule has 2 fully saturated rings. The first-order valence-electron chi connectivity index (χ1n) is 13.3. The Morgan fingerprint density at radius 2 is 1.68 bits per heavy atom. The van der Waals surface area contributed by atoms with Gasteiger partial charge in [-0.1, -0.05) is 73.3 Å². The number of fused-ring (bicyclic) bond motifs is 1. The van der Waals surface area contributed by atoms with Crippen molar-refractivity contribution in [2.75, 3.05) is 26.2 Å². The fourth-order valence-corrected chi connectivity index (χ4v) is 6.21. The molecule has 8 heteroatoms. The van der Waals surface area contributed by atoms with E-state index in [1.54, 1.807) is 18.2 Å². The van der Waals surface area contributed by atoms with Crippen molar-refractivity contribution in [3.8, 4) is 5.75 Å². The zero-order chi connectivity index (χ0) is 26.8. The molecule has 1 aliphatic heterocycles. The first kappa shape index (κ1) is 26.6. The molecular weight excluding hydrogens is 504 g/mol. The highest BCUT2D eigenvalue weighted by Gasteiger charge is 2.55. The highest BCUT2D eigenvalue weighted by Crippen LogP contribution is 2.44. The minimum atomic E-state index is -1.32. The summed E-state index contributed by atoms with van der Waals surface area (Å²) < 4.78 is 5.33. The van der Waals surface area contributed by atoms with Crippen LogP contribution in [-0.4, -0.2) is 58.5 Å². The fourth-order valence-electron chi connectivity index (χ4n) is 5.97. The van der Waals surface area contributed by atoms with Crippen LogP contribution in [0.3, 0.4) is 0 Å². The molecule has 3 aromatic rings. The highest BCUT2D eigenvalue weighted by atomic mass is 35.5. The van der Waals surface area contributed by atoms with Gasteiger partial charge in [-0.2, -0.15) is 9.28 Å². The van der Waals surface area contributed by atoms with Crippen LogP contribution in [0.15, 0.2) is 60.7 Å². The van der Waals surface area contributed by atoms with Gasteiger partial charge in [-0.05, 0) is 52.9 Å². The number of rotatable bonds is 6. The van der Waals surface area contributed by atoms with E-state index in [1.165, 1.54) is 0 Å². The van der Waals surface area contributed by atoms with Crippen LogP contribution in [0.25, 0.3) is 10.8 Å². The minimum Gasteiger partial charge on any atom is -0.487 e. The number of ether oxygens (including phenoxy) is 1. The van der Waals surface area contributed by atoms with Crippen LogP contribution in [0.4, 0.5) is 4.79 Å². The van der Waals surface area contributed by atoms with Gasteiger partial charge in [-0.25, -0.2) is 4.79 Å². The molecule has 1 unspecified atom stereocenters. The highest BCUT2D eigenvalue weighted by molar-refractivity contribution is 6.32. The maximum absolute atomic E-state index is 14.1. The molecule has 3 aromatic carbocycles. The van der Waals surface area contributed by atoms with E-state index >= 15 is 0 Å². The van der Waals surface area contributed by atoms with Gasteiger partial charge < -0.3 is 20.3 Å². The summed E-state index contributed by atoms with van der Waals surface area (Å²) >= 11 is 6.66. The molecule has 1 aliphatic carbocycles. The Kier molecular flexibility index (Phi) is 7.73. The molecule has 3 N–H and O–H groups in total. The van der Waals surface area contributed by atoms with Gasteiger partial charge in [0.2, 0.25) is 0 Å². The largest absolute Gasteiger partial charge is 0.521 e. The second kappa shape index (κ2) is 11.0. The van der Waals surface area contributed by atoms with E-state index in [0.29, 0.717) is 48.9 Å². The summed E-state index contributed by atoms with van der Waals surface area (Å²) in [6.07, 6.45) is 2.26. The molecular formula is C30H34ClN2O5+. The second-order valence-electron chi connectivity index (χ2n) is 10.5. The Hall–Kier alpha value is -2.97. The molecule has 1 saturated carbocycles. The SMILES string of the molecule is O=C(O)[N+]1(C(=O)C(c2ccc(OCc3ccc4ccccc4c3)c(Cl)c2)C2(O)CCCCC2)CCNCC1. The second-order valence-corrected chi connectivity index (χ2v) is 11.0. The van der Waals surface area contributed by atoms with Crippen LogP contribution in [0.1, 0.15) is 49.1 Å². The summed E-state index contributed by atoms with van der Waals surface area (Å²) in [6, 6.07) is 19.4. The number of aliphatic hydroxyl groups is 1. The lowest BCUT2D eigenvalue weighted by Crippen LogP contribution is -2.67. The molecule has 1 heterocycles. The Morgan fingerprint density at radius 3 is 2.37 bits per heavy atom. The number of piperazine rings is 1. The van der Waals surface area contributed by atoms with Crippen molar-refractivity contribution in [2.24, 2.45) is 0 Å². The van der Waals surface area contributed by atoms with Crippen molar-refractivity contribution in [2.45, 2.75) is 50.2 Å². The lowest BCUT2D eigenvalue weighted by molar-refractivity contribution is -0.785. The molecule has 2 amide bonds. The normalized spacial score (nSPS) is 19.5. The number of hydrogen-bond donors (Lipinski definition) is 3. The number of halogens is 1.